The molecular weight excluding hydrogens is 375 g/mol. The Balaban J connectivity index is 1.84. The molecule has 0 saturated carbocycles. The lowest BCUT2D eigenvalue weighted by Crippen LogP contribution is -2.18. The van der Waals surface area contributed by atoms with Gasteiger partial charge in [0, 0.05) is 6.07 Å². The van der Waals surface area contributed by atoms with E-state index in [0.717, 1.165) is 6.20 Å². The van der Waals surface area contributed by atoms with Gasteiger partial charge in [0.05, 0.1) is 16.8 Å². The van der Waals surface area contributed by atoms with Crippen LogP contribution >= 0.6 is 0 Å². The Morgan fingerprint density at radius 1 is 0.963 bits per heavy atom. The third-order valence-corrected chi connectivity index (χ3v) is 4.87. The van der Waals surface area contributed by atoms with Crippen molar-refractivity contribution in [2.24, 2.45) is 0 Å². The topological polar surface area (TPSA) is 129 Å². The van der Waals surface area contributed by atoms with E-state index in [2.05, 4.69) is 30.3 Å². The van der Waals surface area contributed by atoms with Gasteiger partial charge in [-0.2, -0.15) is 0 Å². The Hall–Kier alpha value is -3.31. The fourth-order valence-electron chi connectivity index (χ4n) is 2.11. The minimum Gasteiger partial charge on any atom is -0.506 e. The molecule has 0 amide bonds. The molecule has 0 aliphatic carbocycles. The number of aromatic nitrogens is 3. The van der Waals surface area contributed by atoms with Gasteiger partial charge in [-0.1, -0.05) is 0 Å². The minimum atomic E-state index is -3.67. The molecule has 4 N–H and O–H groups in total. The summed E-state index contributed by atoms with van der Waals surface area (Å²) < 4.78 is 38.9. The van der Waals surface area contributed by atoms with Crippen LogP contribution in [0.15, 0.2) is 53.8 Å². The molecule has 3 rings (SSSR count). The molecule has 11 heteroatoms. The maximum Gasteiger partial charge on any atom is 0.240 e. The molecule has 3 aromatic rings. The lowest BCUT2D eigenvalue weighted by atomic mass is 10.3. The number of nitrogens with one attached hydrogen (secondary N) is 3. The van der Waals surface area contributed by atoms with E-state index in [9.17, 15) is 17.9 Å². The van der Waals surface area contributed by atoms with Crippen LogP contribution in [-0.4, -0.2) is 35.5 Å². The number of nitrogens with zero attached hydrogens (tertiary/aromatic N) is 3. The lowest BCUT2D eigenvalue weighted by Gasteiger charge is -2.11. The molecule has 140 valence electrons. The van der Waals surface area contributed by atoms with Gasteiger partial charge in [0.1, 0.15) is 35.3 Å². The summed E-state index contributed by atoms with van der Waals surface area (Å²) in [6.07, 6.45) is 2.33. The van der Waals surface area contributed by atoms with Crippen LogP contribution < -0.4 is 15.4 Å². The minimum absolute atomic E-state index is 0.0202. The van der Waals surface area contributed by atoms with Gasteiger partial charge in [-0.15, -0.1) is 0 Å². The van der Waals surface area contributed by atoms with Crippen LogP contribution in [0.1, 0.15) is 0 Å². The number of aromatic hydroxyl groups is 1. The van der Waals surface area contributed by atoms with Crippen LogP contribution in [0, 0.1) is 5.82 Å². The Morgan fingerprint density at radius 2 is 1.70 bits per heavy atom. The number of pyridine rings is 1. The van der Waals surface area contributed by atoms with Crippen molar-refractivity contribution in [3.8, 4) is 5.75 Å². The van der Waals surface area contributed by atoms with E-state index in [1.54, 1.807) is 0 Å². The van der Waals surface area contributed by atoms with Crippen LogP contribution in [0.25, 0.3) is 0 Å². The van der Waals surface area contributed by atoms with Gasteiger partial charge in [-0.3, -0.25) is 0 Å². The van der Waals surface area contributed by atoms with Gasteiger partial charge >= 0.3 is 0 Å². The Labute approximate surface area is 154 Å². The molecule has 2 heterocycles. The van der Waals surface area contributed by atoms with Crippen molar-refractivity contribution in [2.75, 3.05) is 17.7 Å². The first-order valence-corrected chi connectivity index (χ1v) is 9.10. The van der Waals surface area contributed by atoms with E-state index in [-0.39, 0.29) is 16.3 Å². The van der Waals surface area contributed by atoms with Crippen molar-refractivity contribution in [1.29, 1.82) is 0 Å². The SMILES string of the molecule is CNS(=O)(=O)c1ccc(O)c(Nc2cc(Nc3ccc(F)cn3)ncn2)c1. The number of phenolic OH excluding ortho intramolecular Hbond substituents is 1. The van der Waals surface area contributed by atoms with E-state index in [4.69, 9.17) is 0 Å². The maximum atomic E-state index is 12.9. The maximum absolute atomic E-state index is 12.9. The number of benzene rings is 1. The number of hydrogen-bond acceptors (Lipinski definition) is 8. The highest BCUT2D eigenvalue weighted by Crippen LogP contribution is 2.29. The highest BCUT2D eigenvalue weighted by molar-refractivity contribution is 7.89. The fraction of sp³-hybridized carbons (Fsp3) is 0.0625. The summed E-state index contributed by atoms with van der Waals surface area (Å²) in [6.45, 7) is 0. The number of hydrogen-bond donors (Lipinski definition) is 4. The molecule has 0 fully saturated rings. The van der Waals surface area contributed by atoms with E-state index >= 15 is 0 Å². The van der Waals surface area contributed by atoms with Crippen molar-refractivity contribution in [1.82, 2.24) is 19.7 Å². The highest BCUT2D eigenvalue weighted by atomic mass is 32.2. The van der Waals surface area contributed by atoms with Crippen molar-refractivity contribution in [3.05, 3.63) is 54.7 Å². The predicted octanol–water partition coefficient (Wildman–Crippen LogP) is 2.11. The normalized spacial score (nSPS) is 11.2. The smallest absolute Gasteiger partial charge is 0.240 e. The molecule has 0 saturated heterocycles. The molecule has 0 radical (unpaired) electrons. The number of halogens is 1. The van der Waals surface area contributed by atoms with Crippen LogP contribution in [-0.2, 0) is 10.0 Å². The van der Waals surface area contributed by atoms with E-state index in [1.165, 1.54) is 49.8 Å². The molecule has 1 aromatic carbocycles. The molecule has 9 nitrogen and oxygen atoms in total. The summed E-state index contributed by atoms with van der Waals surface area (Å²) in [4.78, 5) is 11.9. The molecule has 0 spiro atoms. The average Bonchev–Trinajstić information content (AvgIpc) is 2.65. The molecule has 2 aromatic heterocycles. The number of sulfonamides is 1. The monoisotopic (exact) mass is 390 g/mol. The van der Waals surface area contributed by atoms with E-state index < -0.39 is 15.8 Å². The zero-order chi connectivity index (χ0) is 19.4. The van der Waals surface area contributed by atoms with E-state index in [0.29, 0.717) is 17.5 Å². The molecule has 0 aliphatic heterocycles. The molecule has 0 bridgehead atoms. The Kier molecular flexibility index (Phi) is 5.14. The summed E-state index contributed by atoms with van der Waals surface area (Å²) in [6, 6.07) is 8.03. The molecule has 27 heavy (non-hydrogen) atoms. The van der Waals surface area contributed by atoms with E-state index in [1.807, 2.05) is 0 Å². The van der Waals surface area contributed by atoms with Gasteiger partial charge in [-0.25, -0.2) is 32.5 Å². The first-order valence-electron chi connectivity index (χ1n) is 7.61. The predicted molar refractivity (Wildman–Crippen MR) is 97.1 cm³/mol. The molecular formula is C16H15FN6O3S. The first kappa shape index (κ1) is 18.5. The number of phenols is 1. The summed E-state index contributed by atoms with van der Waals surface area (Å²) in [5.74, 6) is 0.427. The third-order valence-electron chi connectivity index (χ3n) is 3.46. The fourth-order valence-corrected chi connectivity index (χ4v) is 2.87. The number of rotatable bonds is 6. The van der Waals surface area contributed by atoms with Gasteiger partial charge in [-0.05, 0) is 37.4 Å². The van der Waals surface area contributed by atoms with Crippen LogP contribution in [0.2, 0.25) is 0 Å². The van der Waals surface area contributed by atoms with Gasteiger partial charge in [0.2, 0.25) is 10.0 Å². The summed E-state index contributed by atoms with van der Waals surface area (Å²) in [5, 5.41) is 15.7. The summed E-state index contributed by atoms with van der Waals surface area (Å²) >= 11 is 0. The van der Waals surface area contributed by atoms with Crippen molar-refractivity contribution in [2.45, 2.75) is 4.90 Å². The number of anilines is 4. The molecule has 0 atom stereocenters. The standard InChI is InChI=1S/C16H15FN6O3S/c1-18-27(25,26)11-3-4-13(24)12(6-11)22-15-7-16(21-9-20-15)23-14-5-2-10(17)8-19-14/h2-9,18,24H,1H3,(H2,19,20,21,22,23). The van der Waals surface area contributed by atoms with Crippen molar-refractivity contribution >= 4 is 33.2 Å². The molecule has 0 aliphatic rings. The average molecular weight is 390 g/mol. The second-order valence-corrected chi connectivity index (χ2v) is 7.17. The summed E-state index contributed by atoms with van der Waals surface area (Å²) in [5.41, 5.74) is 0.149. The lowest BCUT2D eigenvalue weighted by molar-refractivity contribution is 0.477. The van der Waals surface area contributed by atoms with Crippen LogP contribution in [0.4, 0.5) is 27.5 Å². The summed E-state index contributed by atoms with van der Waals surface area (Å²) in [7, 11) is -2.37. The van der Waals surface area contributed by atoms with Crippen LogP contribution in [0.5, 0.6) is 5.75 Å². The van der Waals surface area contributed by atoms with Crippen LogP contribution in [0.3, 0.4) is 0 Å². The van der Waals surface area contributed by atoms with Crippen molar-refractivity contribution < 1.29 is 17.9 Å². The first-order chi connectivity index (χ1) is 12.9. The highest BCUT2D eigenvalue weighted by Gasteiger charge is 2.14. The Bertz CT molecular complexity index is 1060. The van der Waals surface area contributed by atoms with Gasteiger partial charge < -0.3 is 15.7 Å². The third kappa shape index (κ3) is 4.46. The van der Waals surface area contributed by atoms with Gasteiger partial charge in [0.15, 0.2) is 0 Å². The quantitative estimate of drug-likeness (QED) is 0.471. The Morgan fingerprint density at radius 3 is 2.37 bits per heavy atom. The second kappa shape index (κ2) is 7.51. The zero-order valence-electron chi connectivity index (χ0n) is 14.0. The van der Waals surface area contributed by atoms with Gasteiger partial charge in [0.25, 0.3) is 0 Å². The zero-order valence-corrected chi connectivity index (χ0v) is 14.8. The second-order valence-electron chi connectivity index (χ2n) is 5.29. The van der Waals surface area contributed by atoms with Crippen molar-refractivity contribution in [3.63, 3.8) is 0 Å². The molecule has 0 unspecified atom stereocenters. The largest absolute Gasteiger partial charge is 0.506 e.